The summed E-state index contributed by atoms with van der Waals surface area (Å²) < 4.78 is 1.44. The number of amides is 3. The molecule has 2 fully saturated rings. The zero-order valence-corrected chi connectivity index (χ0v) is 22.9. The van der Waals surface area contributed by atoms with Crippen molar-refractivity contribution >= 4 is 17.8 Å². The van der Waals surface area contributed by atoms with E-state index in [1.807, 2.05) is 24.3 Å². The summed E-state index contributed by atoms with van der Waals surface area (Å²) in [6, 6.07) is 9.31. The van der Waals surface area contributed by atoms with Crippen LogP contribution < -0.4 is 28.2 Å². The van der Waals surface area contributed by atoms with E-state index in [9.17, 15) is 14.4 Å². The molecule has 1 aromatic heterocycles. The second-order valence-electron chi connectivity index (χ2n) is 11.1. The molecule has 7 N–H and O–H groups in total. The normalized spacial score (nSPS) is 20.9. The Morgan fingerprint density at radius 2 is 1.79 bits per heavy atom. The van der Waals surface area contributed by atoms with E-state index in [4.69, 9.17) is 17.2 Å². The molecule has 2 saturated heterocycles. The Hall–Kier alpha value is -3.32. The molecule has 39 heavy (non-hydrogen) atoms. The molecular formula is C27H41N9O3. The monoisotopic (exact) mass is 539 g/mol. The first-order valence-corrected chi connectivity index (χ1v) is 13.6. The average molecular weight is 540 g/mol. The summed E-state index contributed by atoms with van der Waals surface area (Å²) in [6.07, 6.45) is 5.13. The average Bonchev–Trinajstić information content (AvgIpc) is 3.11. The van der Waals surface area contributed by atoms with E-state index >= 15 is 0 Å². The number of anilines is 1. The number of urea groups is 1. The molecule has 12 nitrogen and oxygen atoms in total. The van der Waals surface area contributed by atoms with E-state index in [0.29, 0.717) is 11.7 Å². The molecule has 3 heterocycles. The van der Waals surface area contributed by atoms with Gasteiger partial charge in [0.25, 0.3) is 0 Å². The van der Waals surface area contributed by atoms with Crippen LogP contribution in [-0.4, -0.2) is 93.2 Å². The van der Waals surface area contributed by atoms with Gasteiger partial charge in [0, 0.05) is 31.9 Å². The van der Waals surface area contributed by atoms with Gasteiger partial charge in [0.05, 0.1) is 23.9 Å². The molecule has 1 aromatic carbocycles. The first-order chi connectivity index (χ1) is 18.5. The molecule has 0 spiro atoms. The molecule has 1 unspecified atom stereocenters. The Bertz CT molecular complexity index is 1210. The van der Waals surface area contributed by atoms with Crippen LogP contribution in [0.4, 0.5) is 10.6 Å². The second-order valence-corrected chi connectivity index (χ2v) is 11.1. The first kappa shape index (κ1) is 28.7. The largest absolute Gasteiger partial charge is 0.354 e. The highest BCUT2D eigenvalue weighted by Gasteiger charge is 2.35. The van der Waals surface area contributed by atoms with Gasteiger partial charge >= 0.3 is 11.7 Å². The van der Waals surface area contributed by atoms with Crippen molar-refractivity contribution in [1.29, 1.82) is 0 Å². The third-order valence-corrected chi connectivity index (χ3v) is 7.35. The molecule has 0 bridgehead atoms. The number of likely N-dealkylation sites (tertiary alicyclic amines) is 1. The number of nitrogens with two attached hydrogens (primary N) is 3. The van der Waals surface area contributed by atoms with Crippen LogP contribution >= 0.6 is 0 Å². The molecule has 2 aromatic rings. The lowest BCUT2D eigenvalue weighted by Gasteiger charge is -2.41. The van der Waals surface area contributed by atoms with Crippen LogP contribution in [0.25, 0.3) is 5.69 Å². The maximum atomic E-state index is 12.8. The molecule has 212 valence electrons. The summed E-state index contributed by atoms with van der Waals surface area (Å²) in [5.74, 6) is -0.124. The fourth-order valence-corrected chi connectivity index (χ4v) is 4.99. The van der Waals surface area contributed by atoms with Crippen molar-refractivity contribution in [1.82, 2.24) is 24.3 Å². The zero-order valence-electron chi connectivity index (χ0n) is 22.9. The van der Waals surface area contributed by atoms with E-state index in [2.05, 4.69) is 15.2 Å². The lowest BCUT2D eigenvalue weighted by Crippen LogP contribution is -2.65. The summed E-state index contributed by atoms with van der Waals surface area (Å²) in [6.45, 7) is 7.06. The summed E-state index contributed by atoms with van der Waals surface area (Å²) in [4.78, 5) is 47.5. The summed E-state index contributed by atoms with van der Waals surface area (Å²) in [5.41, 5.74) is 18.5. The van der Waals surface area contributed by atoms with Gasteiger partial charge < -0.3 is 31.9 Å². The fraction of sp³-hybridized carbons (Fsp3) is 0.556. The molecule has 3 amide bonds. The predicted octanol–water partition coefficient (Wildman–Crippen LogP) is 0.286. The number of hydrogen-bond donors (Lipinski definition) is 4. The minimum absolute atomic E-state index is 0.141. The highest BCUT2D eigenvalue weighted by atomic mass is 16.2. The smallest absolute Gasteiger partial charge is 0.328 e. The highest BCUT2D eigenvalue weighted by molar-refractivity contribution is 5.89. The van der Waals surface area contributed by atoms with Crippen LogP contribution in [0.3, 0.4) is 0 Å². The molecule has 2 aliphatic heterocycles. The molecular weight excluding hydrogens is 498 g/mol. The number of nitrogens with one attached hydrogen (secondary N) is 1. The van der Waals surface area contributed by atoms with Crippen molar-refractivity contribution in [2.24, 2.45) is 17.2 Å². The van der Waals surface area contributed by atoms with E-state index in [-0.39, 0.29) is 31.4 Å². The van der Waals surface area contributed by atoms with Gasteiger partial charge in [0.15, 0.2) is 0 Å². The van der Waals surface area contributed by atoms with Crippen molar-refractivity contribution in [2.45, 2.75) is 57.3 Å². The van der Waals surface area contributed by atoms with Crippen LogP contribution in [-0.2, 0) is 11.2 Å². The number of carbonyl (C=O) groups is 2. The van der Waals surface area contributed by atoms with E-state index in [0.717, 1.165) is 45.3 Å². The third-order valence-electron chi connectivity index (χ3n) is 7.35. The second kappa shape index (κ2) is 12.2. The van der Waals surface area contributed by atoms with Crippen LogP contribution in [0.5, 0.6) is 0 Å². The van der Waals surface area contributed by atoms with Gasteiger partial charge in [0.1, 0.15) is 5.82 Å². The van der Waals surface area contributed by atoms with Crippen molar-refractivity contribution in [3.05, 3.63) is 52.6 Å². The van der Waals surface area contributed by atoms with Gasteiger partial charge in [-0.1, -0.05) is 12.1 Å². The molecule has 2 atom stereocenters. The Morgan fingerprint density at radius 3 is 2.46 bits per heavy atom. The van der Waals surface area contributed by atoms with Crippen molar-refractivity contribution < 1.29 is 9.59 Å². The minimum atomic E-state index is -1.04. The molecule has 0 radical (unpaired) electrons. The van der Waals surface area contributed by atoms with Crippen molar-refractivity contribution in [3.63, 3.8) is 0 Å². The molecule has 0 aliphatic carbocycles. The summed E-state index contributed by atoms with van der Waals surface area (Å²) in [7, 11) is 0. The van der Waals surface area contributed by atoms with Gasteiger partial charge in [0.2, 0.25) is 5.91 Å². The summed E-state index contributed by atoms with van der Waals surface area (Å²) in [5, 5.41) is 2.66. The van der Waals surface area contributed by atoms with E-state index in [1.54, 1.807) is 26.1 Å². The first-order valence-electron chi connectivity index (χ1n) is 13.6. The van der Waals surface area contributed by atoms with Crippen LogP contribution in [0.15, 0.2) is 41.3 Å². The SMILES string of the molecule is CC(C)(N)C(=O)N1CCN(C(=O)Nc2ccn(-c3ccc(CCN4CCCC(N)CC4)cc3)c(=O)n2)C[C@H]1N. The van der Waals surface area contributed by atoms with Gasteiger partial charge in [-0.15, -0.1) is 0 Å². The number of nitrogens with zero attached hydrogens (tertiary/aromatic N) is 5. The number of carbonyl (C=O) groups excluding carboxylic acids is 2. The number of benzene rings is 1. The van der Waals surface area contributed by atoms with Gasteiger partial charge in [-0.25, -0.2) is 9.59 Å². The van der Waals surface area contributed by atoms with Gasteiger partial charge in [-0.05, 0) is 76.4 Å². The third kappa shape index (κ3) is 7.41. The standard InChI is InChI=1S/C27H41N9O3/c1-27(2,30)24(37)36-17-16-34(18-22(36)29)25(38)31-23-11-15-35(26(39)32-23)21-7-5-19(6-8-21)9-13-33-12-3-4-20(28)10-14-33/h5-8,11,15,20,22H,3-4,9-10,12-14,16-18,28-30H2,1-2H3,(H,31,32,38,39)/t20?,22-/m0/s1. The Balaban J connectivity index is 1.31. The molecule has 4 rings (SSSR count). The Morgan fingerprint density at radius 1 is 1.05 bits per heavy atom. The topological polar surface area (TPSA) is 169 Å². The van der Waals surface area contributed by atoms with Gasteiger partial charge in [-0.3, -0.25) is 14.7 Å². The van der Waals surface area contributed by atoms with Crippen molar-refractivity contribution in [2.75, 3.05) is 44.6 Å². The van der Waals surface area contributed by atoms with Crippen molar-refractivity contribution in [3.8, 4) is 5.69 Å². The number of rotatable bonds is 6. The highest BCUT2D eigenvalue weighted by Crippen LogP contribution is 2.15. The van der Waals surface area contributed by atoms with Crippen LogP contribution in [0, 0.1) is 0 Å². The summed E-state index contributed by atoms with van der Waals surface area (Å²) >= 11 is 0. The molecule has 12 heteroatoms. The van der Waals surface area contributed by atoms with Crippen LogP contribution in [0.1, 0.15) is 38.7 Å². The zero-order chi connectivity index (χ0) is 28.2. The minimum Gasteiger partial charge on any atom is -0.328 e. The predicted molar refractivity (Wildman–Crippen MR) is 150 cm³/mol. The quantitative estimate of drug-likeness (QED) is 0.406. The number of aromatic nitrogens is 2. The molecule has 2 aliphatic rings. The Labute approximate surface area is 229 Å². The maximum Gasteiger partial charge on any atom is 0.354 e. The van der Waals surface area contributed by atoms with E-state index < -0.39 is 23.4 Å². The number of hydrogen-bond acceptors (Lipinski definition) is 8. The Kier molecular flexibility index (Phi) is 9.01. The lowest BCUT2D eigenvalue weighted by molar-refractivity contribution is -0.140. The van der Waals surface area contributed by atoms with Crippen LogP contribution in [0.2, 0.25) is 0 Å². The fourth-order valence-electron chi connectivity index (χ4n) is 4.99. The lowest BCUT2D eigenvalue weighted by atomic mass is 10.0. The molecule has 0 saturated carbocycles. The van der Waals surface area contributed by atoms with Gasteiger partial charge in [-0.2, -0.15) is 4.98 Å². The number of piperazine rings is 1. The maximum absolute atomic E-state index is 12.8. The van der Waals surface area contributed by atoms with E-state index in [1.165, 1.54) is 19.9 Å².